The fourth-order valence-electron chi connectivity index (χ4n) is 5.08. The minimum atomic E-state index is -2.52. The first-order valence-electron chi connectivity index (χ1n) is 12.2. The molecule has 3 aromatic rings. The molecule has 1 unspecified atom stereocenters. The molecule has 0 bridgehead atoms. The van der Waals surface area contributed by atoms with Gasteiger partial charge in [0.05, 0.1) is 18.2 Å². The van der Waals surface area contributed by atoms with Crippen molar-refractivity contribution in [2.45, 2.75) is 44.6 Å². The minimum Gasteiger partial charge on any atom is -0.487 e. The number of likely N-dealkylation sites (tertiary alicyclic amines) is 1. The van der Waals surface area contributed by atoms with Gasteiger partial charge in [0.1, 0.15) is 23.6 Å². The second-order valence-electron chi connectivity index (χ2n) is 9.31. The standard InChI is InChI=1S/C25H28BrN4O7P/c1-2-35-24(32)29-10-8-25(9-11-29)13-20(19-12-17(26)6-7-21(19)37-25)27-23(31)18-5-3-4-16-14-30(28-22(16)18)15-36-38(33)34/h3-7,12,14,20,33-34H,2,8-11,13,15H2,1H3,(H,27,31). The summed E-state index contributed by atoms with van der Waals surface area (Å²) >= 11 is 3.53. The van der Waals surface area contributed by atoms with Gasteiger partial charge in [-0.2, -0.15) is 5.10 Å². The third-order valence-electron chi connectivity index (χ3n) is 6.89. The molecule has 202 valence electrons. The summed E-state index contributed by atoms with van der Waals surface area (Å²) in [5, 5.41) is 8.33. The fourth-order valence-corrected chi connectivity index (χ4v) is 5.68. The lowest BCUT2D eigenvalue weighted by molar-refractivity contribution is -0.0233. The highest BCUT2D eigenvalue weighted by Gasteiger charge is 2.45. The van der Waals surface area contributed by atoms with E-state index in [1.165, 1.54) is 4.68 Å². The van der Waals surface area contributed by atoms with Crippen LogP contribution in [-0.4, -0.2) is 61.8 Å². The molecular formula is C25H28BrN4O7P. The second kappa shape index (κ2) is 11.2. The van der Waals surface area contributed by atoms with Crippen molar-refractivity contribution in [2.24, 2.45) is 0 Å². The molecule has 0 aliphatic carbocycles. The molecule has 2 aliphatic rings. The average molecular weight is 607 g/mol. The summed E-state index contributed by atoms with van der Waals surface area (Å²) in [6.45, 7) is 2.98. The highest BCUT2D eigenvalue weighted by molar-refractivity contribution is 9.10. The van der Waals surface area contributed by atoms with E-state index >= 15 is 0 Å². The number of carbonyl (C=O) groups is 2. The second-order valence-corrected chi connectivity index (χ2v) is 11.0. The zero-order valence-corrected chi connectivity index (χ0v) is 23.2. The van der Waals surface area contributed by atoms with E-state index in [0.717, 1.165) is 15.4 Å². The number of nitrogens with one attached hydrogen (secondary N) is 1. The summed E-state index contributed by atoms with van der Waals surface area (Å²) in [6.07, 6.45) is 3.14. The van der Waals surface area contributed by atoms with Crippen molar-refractivity contribution < 1.29 is 33.4 Å². The number of aromatic nitrogens is 2. The van der Waals surface area contributed by atoms with Crippen LogP contribution in [0, 0.1) is 0 Å². The molecule has 38 heavy (non-hydrogen) atoms. The van der Waals surface area contributed by atoms with E-state index in [2.05, 4.69) is 26.3 Å². The van der Waals surface area contributed by atoms with Crippen molar-refractivity contribution in [3.63, 3.8) is 0 Å². The lowest BCUT2D eigenvalue weighted by atomic mass is 9.80. The zero-order valence-electron chi connectivity index (χ0n) is 20.7. The maximum Gasteiger partial charge on any atom is 0.409 e. The molecule has 13 heteroatoms. The van der Waals surface area contributed by atoms with Gasteiger partial charge in [-0.15, -0.1) is 0 Å². The van der Waals surface area contributed by atoms with Gasteiger partial charge in [0.15, 0.2) is 0 Å². The summed E-state index contributed by atoms with van der Waals surface area (Å²) in [4.78, 5) is 45.6. The van der Waals surface area contributed by atoms with Crippen molar-refractivity contribution in [3.8, 4) is 5.75 Å². The van der Waals surface area contributed by atoms with Crippen LogP contribution in [0.4, 0.5) is 4.79 Å². The number of fused-ring (bicyclic) bond motifs is 2. The molecule has 1 fully saturated rings. The number of piperidine rings is 1. The largest absolute Gasteiger partial charge is 0.487 e. The monoisotopic (exact) mass is 606 g/mol. The Labute approximate surface area is 228 Å². The minimum absolute atomic E-state index is 0.152. The van der Waals surface area contributed by atoms with Crippen molar-refractivity contribution >= 4 is 47.4 Å². The fraction of sp³-hybridized carbons (Fsp3) is 0.400. The van der Waals surface area contributed by atoms with Crippen LogP contribution in [0.3, 0.4) is 0 Å². The van der Waals surface area contributed by atoms with Gasteiger partial charge in [-0.1, -0.05) is 28.1 Å². The summed E-state index contributed by atoms with van der Waals surface area (Å²) in [5.74, 6) is 0.420. The van der Waals surface area contributed by atoms with Crippen LogP contribution in [0.15, 0.2) is 47.1 Å². The lowest BCUT2D eigenvalue weighted by Crippen LogP contribution is -2.53. The Hall–Kier alpha value is -2.76. The third-order valence-corrected chi connectivity index (χ3v) is 7.73. The van der Waals surface area contributed by atoms with Gasteiger partial charge in [-0.3, -0.25) is 9.32 Å². The predicted octanol–water partition coefficient (Wildman–Crippen LogP) is 4.23. The molecular weight excluding hydrogens is 579 g/mol. The van der Waals surface area contributed by atoms with Crippen LogP contribution in [0.1, 0.15) is 48.1 Å². The van der Waals surface area contributed by atoms with Crippen molar-refractivity contribution in [1.29, 1.82) is 0 Å². The van der Waals surface area contributed by atoms with Crippen molar-refractivity contribution in [1.82, 2.24) is 20.0 Å². The first-order valence-corrected chi connectivity index (χ1v) is 14.2. The molecule has 11 nitrogen and oxygen atoms in total. The molecule has 2 aromatic carbocycles. The van der Waals surface area contributed by atoms with Gasteiger partial charge >= 0.3 is 14.7 Å². The van der Waals surface area contributed by atoms with Crippen LogP contribution < -0.4 is 10.1 Å². The molecule has 2 aliphatic heterocycles. The lowest BCUT2D eigenvalue weighted by Gasteiger charge is -2.46. The SMILES string of the molecule is CCOC(=O)N1CCC2(CC1)CC(NC(=O)c1cccc3cn(COP(O)O)nc13)c1cc(Br)ccc1O2. The Morgan fingerprint density at radius 2 is 2.05 bits per heavy atom. The Balaban J connectivity index is 1.39. The van der Waals surface area contributed by atoms with E-state index in [-0.39, 0.29) is 24.8 Å². The maximum absolute atomic E-state index is 13.6. The Bertz CT molecular complexity index is 1340. The Kier molecular flexibility index (Phi) is 7.88. The van der Waals surface area contributed by atoms with Gasteiger partial charge in [0, 0.05) is 54.0 Å². The number of nitrogens with zero attached hydrogens (tertiary/aromatic N) is 3. The molecule has 1 spiro atoms. The molecule has 0 radical (unpaired) electrons. The molecule has 5 rings (SSSR count). The van der Waals surface area contributed by atoms with Gasteiger partial charge in [-0.05, 0) is 31.2 Å². The quantitative estimate of drug-likeness (QED) is 0.355. The third kappa shape index (κ3) is 5.64. The molecule has 3 N–H and O–H groups in total. The molecule has 2 amide bonds. The molecule has 3 heterocycles. The van der Waals surface area contributed by atoms with Crippen molar-refractivity contribution in [3.05, 3.63) is 58.2 Å². The first-order chi connectivity index (χ1) is 18.3. The van der Waals surface area contributed by atoms with Crippen LogP contribution in [0.5, 0.6) is 5.75 Å². The summed E-state index contributed by atoms with van der Waals surface area (Å²) in [5.41, 5.74) is 1.22. The summed E-state index contributed by atoms with van der Waals surface area (Å²) in [7, 11) is -2.52. The topological polar surface area (TPSA) is 135 Å². The van der Waals surface area contributed by atoms with Gasteiger partial charge in [0.25, 0.3) is 5.91 Å². The number of carbonyl (C=O) groups excluding carboxylic acids is 2. The zero-order chi connectivity index (χ0) is 26.9. The van der Waals surface area contributed by atoms with Gasteiger partial charge in [-0.25, -0.2) is 9.48 Å². The van der Waals surface area contributed by atoms with Crippen molar-refractivity contribution in [2.75, 3.05) is 19.7 Å². The van der Waals surface area contributed by atoms with E-state index in [0.29, 0.717) is 55.8 Å². The van der Waals surface area contributed by atoms with E-state index in [1.54, 1.807) is 30.2 Å². The normalized spacial score (nSPS) is 18.3. The molecule has 1 aromatic heterocycles. The number of ether oxygens (including phenoxy) is 2. The van der Waals surface area contributed by atoms with Gasteiger partial charge in [0.2, 0.25) is 0 Å². The van der Waals surface area contributed by atoms with Crippen LogP contribution >= 0.6 is 24.5 Å². The maximum atomic E-state index is 13.6. The smallest absolute Gasteiger partial charge is 0.409 e. The first kappa shape index (κ1) is 26.8. The molecule has 0 saturated carbocycles. The molecule has 1 saturated heterocycles. The van der Waals surface area contributed by atoms with E-state index < -0.39 is 14.2 Å². The Morgan fingerprint density at radius 3 is 2.79 bits per heavy atom. The van der Waals surface area contributed by atoms with Crippen LogP contribution in [0.2, 0.25) is 0 Å². The highest BCUT2D eigenvalue weighted by atomic mass is 79.9. The average Bonchev–Trinajstić information content (AvgIpc) is 3.32. The van der Waals surface area contributed by atoms with E-state index in [1.807, 2.05) is 24.3 Å². The summed E-state index contributed by atoms with van der Waals surface area (Å²) in [6, 6.07) is 10.7. The van der Waals surface area contributed by atoms with Gasteiger partial charge < -0.3 is 29.5 Å². The van der Waals surface area contributed by atoms with Crippen LogP contribution in [-0.2, 0) is 16.0 Å². The predicted molar refractivity (Wildman–Crippen MR) is 142 cm³/mol. The number of rotatable bonds is 6. The molecule has 1 atom stereocenters. The van der Waals surface area contributed by atoms with E-state index in [4.69, 9.17) is 23.8 Å². The summed E-state index contributed by atoms with van der Waals surface area (Å²) < 4.78 is 18.8. The highest BCUT2D eigenvalue weighted by Crippen LogP contribution is 2.45. The Morgan fingerprint density at radius 1 is 1.26 bits per heavy atom. The number of hydrogen-bond acceptors (Lipinski definition) is 8. The number of hydrogen-bond donors (Lipinski definition) is 3. The number of amides is 2. The number of benzene rings is 2. The number of halogens is 1. The van der Waals surface area contributed by atoms with Crippen LogP contribution in [0.25, 0.3) is 10.9 Å². The van der Waals surface area contributed by atoms with E-state index in [9.17, 15) is 9.59 Å².